The summed E-state index contributed by atoms with van der Waals surface area (Å²) in [6.45, 7) is 0. The highest BCUT2D eigenvalue weighted by Gasteiger charge is 2.06. The number of halogens is 1. The Morgan fingerprint density at radius 3 is 2.83 bits per heavy atom. The van der Waals surface area contributed by atoms with Gasteiger partial charge in [-0.2, -0.15) is 0 Å². The zero-order valence-electron chi connectivity index (χ0n) is 13.0. The Hall–Kier alpha value is -3.21. The summed E-state index contributed by atoms with van der Waals surface area (Å²) in [6, 6.07) is 11.7. The molecule has 0 aliphatic rings. The van der Waals surface area contributed by atoms with Gasteiger partial charge < -0.3 is 9.30 Å². The van der Waals surface area contributed by atoms with Crippen molar-refractivity contribution in [3.05, 3.63) is 84.2 Å². The molecule has 0 radical (unpaired) electrons. The second-order valence-corrected chi connectivity index (χ2v) is 5.11. The first-order chi connectivity index (χ1) is 11.7. The molecule has 0 unspecified atom stereocenters. The number of ether oxygens (including phenoxy) is 1. The summed E-state index contributed by atoms with van der Waals surface area (Å²) in [5.41, 5.74) is 1.53. The first-order valence-electron chi connectivity index (χ1n) is 7.32. The molecule has 5 heteroatoms. The largest absolute Gasteiger partial charge is 0.497 e. The Morgan fingerprint density at radius 1 is 1.25 bits per heavy atom. The fourth-order valence-corrected chi connectivity index (χ4v) is 2.28. The lowest BCUT2D eigenvalue weighted by atomic mass is 10.1. The molecule has 1 heterocycles. The van der Waals surface area contributed by atoms with Crippen molar-refractivity contribution >= 4 is 11.9 Å². The van der Waals surface area contributed by atoms with Crippen LogP contribution in [-0.2, 0) is 0 Å². The molecule has 1 aromatic heterocycles. The average Bonchev–Trinajstić information content (AvgIpc) is 3.14. The van der Waals surface area contributed by atoms with Crippen LogP contribution in [0.3, 0.4) is 0 Å². The molecule has 2 aromatic carbocycles. The SMILES string of the molecule is COc1cccc(C(=O)C=Cc2ccc(-n3ccnc3)c(F)c2)c1. The maximum atomic E-state index is 14.2. The number of allylic oxidation sites excluding steroid dienone is 1. The van der Waals surface area contributed by atoms with E-state index in [0.29, 0.717) is 22.6 Å². The highest BCUT2D eigenvalue weighted by atomic mass is 19.1. The van der Waals surface area contributed by atoms with E-state index in [1.165, 1.54) is 18.5 Å². The van der Waals surface area contributed by atoms with Crippen molar-refractivity contribution in [3.8, 4) is 11.4 Å². The number of imidazole rings is 1. The molecule has 0 N–H and O–H groups in total. The van der Waals surface area contributed by atoms with Gasteiger partial charge in [-0.25, -0.2) is 9.37 Å². The summed E-state index contributed by atoms with van der Waals surface area (Å²) in [6.07, 6.45) is 7.78. The number of carbonyl (C=O) groups is 1. The van der Waals surface area contributed by atoms with Crippen LogP contribution in [0.4, 0.5) is 4.39 Å². The van der Waals surface area contributed by atoms with Crippen LogP contribution in [0.5, 0.6) is 5.75 Å². The molecular formula is C19H15FN2O2. The fraction of sp³-hybridized carbons (Fsp3) is 0.0526. The molecule has 0 atom stereocenters. The minimum absolute atomic E-state index is 0.173. The van der Waals surface area contributed by atoms with Gasteiger partial charge in [0.1, 0.15) is 11.6 Å². The van der Waals surface area contributed by atoms with E-state index in [-0.39, 0.29) is 11.6 Å². The summed E-state index contributed by atoms with van der Waals surface area (Å²) < 4.78 is 20.9. The lowest BCUT2D eigenvalue weighted by molar-refractivity contribution is 0.104. The predicted molar refractivity (Wildman–Crippen MR) is 89.9 cm³/mol. The Labute approximate surface area is 138 Å². The molecule has 0 fully saturated rings. The predicted octanol–water partition coefficient (Wildman–Crippen LogP) is 3.92. The summed E-state index contributed by atoms with van der Waals surface area (Å²) in [7, 11) is 1.55. The number of nitrogens with zero attached hydrogens (tertiary/aromatic N) is 2. The molecule has 0 bridgehead atoms. The maximum absolute atomic E-state index is 14.2. The van der Waals surface area contributed by atoms with Gasteiger partial charge in [0, 0.05) is 18.0 Å². The molecule has 0 amide bonds. The van der Waals surface area contributed by atoms with Crippen LogP contribution in [0, 0.1) is 5.82 Å². The van der Waals surface area contributed by atoms with E-state index in [2.05, 4.69) is 4.98 Å². The van der Waals surface area contributed by atoms with Crippen LogP contribution in [0.15, 0.2) is 67.3 Å². The average molecular weight is 322 g/mol. The maximum Gasteiger partial charge on any atom is 0.185 e. The second kappa shape index (κ2) is 6.91. The first-order valence-corrected chi connectivity index (χ1v) is 7.32. The van der Waals surface area contributed by atoms with E-state index in [0.717, 1.165) is 0 Å². The van der Waals surface area contributed by atoms with Crippen molar-refractivity contribution in [2.24, 2.45) is 0 Å². The zero-order chi connectivity index (χ0) is 16.9. The Kier molecular flexibility index (Phi) is 4.52. The molecule has 0 saturated carbocycles. The van der Waals surface area contributed by atoms with Crippen molar-refractivity contribution in [1.82, 2.24) is 9.55 Å². The van der Waals surface area contributed by atoms with E-state index in [1.54, 1.807) is 66.5 Å². The normalized spacial score (nSPS) is 10.9. The van der Waals surface area contributed by atoms with Crippen LogP contribution < -0.4 is 4.74 Å². The zero-order valence-corrected chi connectivity index (χ0v) is 13.0. The van der Waals surface area contributed by atoms with Gasteiger partial charge in [-0.3, -0.25) is 4.79 Å². The molecule has 3 aromatic rings. The van der Waals surface area contributed by atoms with Crippen molar-refractivity contribution in [2.45, 2.75) is 0 Å². The number of rotatable bonds is 5. The molecule has 0 spiro atoms. The molecule has 3 rings (SSSR count). The first kappa shape index (κ1) is 15.7. The number of hydrogen-bond donors (Lipinski definition) is 0. The van der Waals surface area contributed by atoms with Gasteiger partial charge >= 0.3 is 0 Å². The quantitative estimate of drug-likeness (QED) is 0.528. The van der Waals surface area contributed by atoms with Crippen LogP contribution in [0.1, 0.15) is 15.9 Å². The van der Waals surface area contributed by atoms with E-state index in [9.17, 15) is 9.18 Å². The minimum Gasteiger partial charge on any atom is -0.497 e. The number of methoxy groups -OCH3 is 1. The van der Waals surface area contributed by atoms with E-state index >= 15 is 0 Å². The molecule has 0 aliphatic carbocycles. The Morgan fingerprint density at radius 2 is 2.12 bits per heavy atom. The van der Waals surface area contributed by atoms with Gasteiger partial charge in [-0.15, -0.1) is 0 Å². The van der Waals surface area contributed by atoms with Gasteiger partial charge in [0.05, 0.1) is 19.1 Å². The number of aromatic nitrogens is 2. The van der Waals surface area contributed by atoms with Crippen LogP contribution in [0.25, 0.3) is 11.8 Å². The van der Waals surface area contributed by atoms with E-state index in [4.69, 9.17) is 4.74 Å². The van der Waals surface area contributed by atoms with Crippen LogP contribution >= 0.6 is 0 Å². The third kappa shape index (κ3) is 3.41. The number of carbonyl (C=O) groups excluding carboxylic acids is 1. The molecule has 120 valence electrons. The summed E-state index contributed by atoms with van der Waals surface area (Å²) in [5, 5.41) is 0. The highest BCUT2D eigenvalue weighted by Crippen LogP contribution is 2.17. The topological polar surface area (TPSA) is 44.1 Å². The lowest BCUT2D eigenvalue weighted by Gasteiger charge is -2.04. The van der Waals surface area contributed by atoms with Crippen LogP contribution in [0.2, 0.25) is 0 Å². The standard InChI is InChI=1S/C19H15FN2O2/c1-24-16-4-2-3-15(12-16)19(23)8-6-14-5-7-18(17(20)11-14)22-10-9-21-13-22/h2-13H,1H3. The van der Waals surface area contributed by atoms with E-state index < -0.39 is 0 Å². The smallest absolute Gasteiger partial charge is 0.185 e. The Bertz CT molecular complexity index is 886. The summed E-state index contributed by atoms with van der Waals surface area (Å²) in [5.74, 6) is 0.0574. The third-order valence-corrected chi connectivity index (χ3v) is 3.54. The van der Waals surface area contributed by atoms with Gasteiger partial charge in [0.25, 0.3) is 0 Å². The minimum atomic E-state index is -0.385. The second-order valence-electron chi connectivity index (χ2n) is 5.11. The number of hydrogen-bond acceptors (Lipinski definition) is 3. The molecule has 0 saturated heterocycles. The lowest BCUT2D eigenvalue weighted by Crippen LogP contribution is -1.96. The summed E-state index contributed by atoms with van der Waals surface area (Å²) in [4.78, 5) is 16.1. The fourth-order valence-electron chi connectivity index (χ4n) is 2.28. The number of benzene rings is 2. The van der Waals surface area contributed by atoms with Gasteiger partial charge in [-0.1, -0.05) is 24.3 Å². The van der Waals surface area contributed by atoms with Crippen molar-refractivity contribution in [3.63, 3.8) is 0 Å². The van der Waals surface area contributed by atoms with Gasteiger partial charge in [0.2, 0.25) is 0 Å². The third-order valence-electron chi connectivity index (χ3n) is 3.54. The van der Waals surface area contributed by atoms with Gasteiger partial charge in [-0.05, 0) is 35.9 Å². The monoisotopic (exact) mass is 322 g/mol. The van der Waals surface area contributed by atoms with Crippen molar-refractivity contribution in [1.29, 1.82) is 0 Å². The molecular weight excluding hydrogens is 307 g/mol. The highest BCUT2D eigenvalue weighted by molar-refractivity contribution is 6.07. The summed E-state index contributed by atoms with van der Waals surface area (Å²) >= 11 is 0. The van der Waals surface area contributed by atoms with Crippen LogP contribution in [-0.4, -0.2) is 22.4 Å². The molecule has 4 nitrogen and oxygen atoms in total. The number of ketones is 1. The molecule has 24 heavy (non-hydrogen) atoms. The van der Waals surface area contributed by atoms with Crippen molar-refractivity contribution < 1.29 is 13.9 Å². The van der Waals surface area contributed by atoms with Gasteiger partial charge in [0.15, 0.2) is 5.78 Å². The van der Waals surface area contributed by atoms with Crippen molar-refractivity contribution in [2.75, 3.05) is 7.11 Å². The Balaban J connectivity index is 1.79. The van der Waals surface area contributed by atoms with E-state index in [1.807, 2.05) is 0 Å². The molecule has 0 aliphatic heterocycles.